The summed E-state index contributed by atoms with van der Waals surface area (Å²) in [5.41, 5.74) is 1.99. The average molecular weight is 638 g/mol. The Labute approximate surface area is 262 Å². The summed E-state index contributed by atoms with van der Waals surface area (Å²) in [6.07, 6.45) is 1.32. The number of nitrogens with one attached hydrogen (secondary N) is 1. The van der Waals surface area contributed by atoms with Crippen LogP contribution in [-0.4, -0.2) is 25.0 Å². The third-order valence-electron chi connectivity index (χ3n) is 6.39. The smallest absolute Gasteiger partial charge is 0.335 e. The van der Waals surface area contributed by atoms with E-state index in [4.69, 9.17) is 49.0 Å². The fourth-order valence-electron chi connectivity index (χ4n) is 4.25. The summed E-state index contributed by atoms with van der Waals surface area (Å²) in [5, 5.41) is 2.91. The summed E-state index contributed by atoms with van der Waals surface area (Å²) in [4.78, 5) is 39.5. The molecular formula is C32H23Cl3N2O6. The molecule has 0 aromatic heterocycles. The van der Waals surface area contributed by atoms with Crippen molar-refractivity contribution < 1.29 is 28.6 Å². The fourth-order valence-corrected chi connectivity index (χ4v) is 4.73. The van der Waals surface area contributed by atoms with E-state index in [1.807, 2.05) is 36.4 Å². The lowest BCUT2D eigenvalue weighted by Gasteiger charge is -2.26. The third kappa shape index (κ3) is 6.94. The van der Waals surface area contributed by atoms with Gasteiger partial charge in [0.2, 0.25) is 0 Å². The highest BCUT2D eigenvalue weighted by molar-refractivity contribution is 6.43. The molecule has 1 aliphatic rings. The Morgan fingerprint density at radius 1 is 0.744 bits per heavy atom. The molecule has 1 fully saturated rings. The van der Waals surface area contributed by atoms with Crippen molar-refractivity contribution in [2.24, 2.45) is 0 Å². The number of ether oxygens (including phenoxy) is 3. The van der Waals surface area contributed by atoms with Gasteiger partial charge in [-0.25, -0.2) is 9.69 Å². The minimum atomic E-state index is -0.918. The first kappa shape index (κ1) is 30.0. The number of urea groups is 1. The van der Waals surface area contributed by atoms with Gasteiger partial charge in [-0.15, -0.1) is 0 Å². The number of methoxy groups -OCH3 is 1. The predicted molar refractivity (Wildman–Crippen MR) is 165 cm³/mol. The third-order valence-corrected chi connectivity index (χ3v) is 7.37. The highest BCUT2D eigenvalue weighted by atomic mass is 35.5. The number of carbonyl (C=O) groups is 3. The van der Waals surface area contributed by atoms with Crippen molar-refractivity contribution in [3.05, 3.63) is 122 Å². The molecule has 0 atom stereocenters. The fraction of sp³-hybridized carbons (Fsp3) is 0.0938. The van der Waals surface area contributed by atoms with E-state index >= 15 is 0 Å². The maximum Gasteiger partial charge on any atom is 0.335 e. The van der Waals surface area contributed by atoms with E-state index in [0.29, 0.717) is 34.4 Å². The second kappa shape index (κ2) is 13.2. The maximum absolute atomic E-state index is 13.4. The van der Waals surface area contributed by atoms with Crippen LogP contribution in [0.2, 0.25) is 15.1 Å². The summed E-state index contributed by atoms with van der Waals surface area (Å²) in [6, 6.07) is 23.3. The number of benzene rings is 4. The minimum Gasteiger partial charge on any atom is -0.493 e. The zero-order valence-electron chi connectivity index (χ0n) is 22.6. The molecule has 218 valence electrons. The number of carbonyl (C=O) groups excluding carboxylic acids is 3. The van der Waals surface area contributed by atoms with E-state index < -0.39 is 17.8 Å². The van der Waals surface area contributed by atoms with Crippen molar-refractivity contribution in [2.75, 3.05) is 12.0 Å². The van der Waals surface area contributed by atoms with Crippen LogP contribution in [0, 0.1) is 0 Å². The first-order valence-electron chi connectivity index (χ1n) is 12.9. The highest BCUT2D eigenvalue weighted by Gasteiger charge is 2.37. The number of hydrogen-bond acceptors (Lipinski definition) is 6. The molecule has 1 aliphatic heterocycles. The van der Waals surface area contributed by atoms with Gasteiger partial charge in [0.05, 0.1) is 22.8 Å². The Balaban J connectivity index is 1.37. The van der Waals surface area contributed by atoms with Crippen molar-refractivity contribution in [1.82, 2.24) is 5.32 Å². The standard InChI is InChI=1S/C32H23Cl3N2O6/c1-41-29-13-20(7-11-28(29)43-17-19-5-3-2-4-6-19)18-42-27-12-8-22(33)14-21(27)15-24-30(38)36-32(40)37(31(24)39)23-9-10-25(34)26(35)16-23/h2-16H,17-18H2,1H3,(H,36,38,40)/b24-15-. The maximum atomic E-state index is 13.4. The molecule has 1 saturated heterocycles. The van der Waals surface area contributed by atoms with Gasteiger partial charge in [0.15, 0.2) is 11.5 Å². The lowest BCUT2D eigenvalue weighted by Crippen LogP contribution is -2.54. The monoisotopic (exact) mass is 636 g/mol. The summed E-state index contributed by atoms with van der Waals surface area (Å²) >= 11 is 18.3. The van der Waals surface area contributed by atoms with Gasteiger partial charge >= 0.3 is 6.03 Å². The molecule has 8 nitrogen and oxygen atoms in total. The molecule has 11 heteroatoms. The zero-order valence-corrected chi connectivity index (χ0v) is 24.9. The van der Waals surface area contributed by atoms with Crippen molar-refractivity contribution >= 4 is 64.4 Å². The number of barbiturate groups is 1. The predicted octanol–water partition coefficient (Wildman–Crippen LogP) is 7.48. The summed E-state index contributed by atoms with van der Waals surface area (Å²) in [5.74, 6) is -0.261. The van der Waals surface area contributed by atoms with Crippen LogP contribution < -0.4 is 24.4 Å². The number of nitrogens with zero attached hydrogens (tertiary/aromatic N) is 1. The first-order valence-corrected chi connectivity index (χ1v) is 14.0. The van der Waals surface area contributed by atoms with Gasteiger partial charge in [-0.1, -0.05) is 71.2 Å². The molecule has 4 aromatic carbocycles. The van der Waals surface area contributed by atoms with Gasteiger partial charge in [-0.05, 0) is 65.7 Å². The van der Waals surface area contributed by atoms with Crippen LogP contribution in [0.4, 0.5) is 10.5 Å². The van der Waals surface area contributed by atoms with Gasteiger partial charge in [-0.2, -0.15) is 0 Å². The van der Waals surface area contributed by atoms with Gasteiger partial charge < -0.3 is 14.2 Å². The van der Waals surface area contributed by atoms with E-state index in [9.17, 15) is 14.4 Å². The number of amides is 4. The molecule has 43 heavy (non-hydrogen) atoms. The quantitative estimate of drug-likeness (QED) is 0.151. The van der Waals surface area contributed by atoms with Crippen molar-refractivity contribution in [1.29, 1.82) is 0 Å². The second-order valence-corrected chi connectivity index (χ2v) is 10.5. The van der Waals surface area contributed by atoms with Crippen LogP contribution in [0.25, 0.3) is 6.08 Å². The Bertz CT molecular complexity index is 1740. The van der Waals surface area contributed by atoms with Gasteiger partial charge in [0, 0.05) is 10.6 Å². The molecule has 4 aromatic rings. The molecule has 0 aliphatic carbocycles. The lowest BCUT2D eigenvalue weighted by atomic mass is 10.1. The normalized spacial score (nSPS) is 14.1. The van der Waals surface area contributed by atoms with Gasteiger partial charge in [0.25, 0.3) is 11.8 Å². The number of halogens is 3. The van der Waals surface area contributed by atoms with Crippen molar-refractivity contribution in [2.45, 2.75) is 13.2 Å². The van der Waals surface area contributed by atoms with Gasteiger partial charge in [0.1, 0.15) is 24.5 Å². The summed E-state index contributed by atoms with van der Waals surface area (Å²) in [7, 11) is 1.55. The van der Waals surface area contributed by atoms with E-state index in [1.165, 1.54) is 24.3 Å². The topological polar surface area (TPSA) is 94.2 Å². The molecule has 0 radical (unpaired) electrons. The number of hydrogen-bond donors (Lipinski definition) is 1. The first-order chi connectivity index (χ1) is 20.7. The molecule has 0 spiro atoms. The molecule has 1 N–H and O–H groups in total. The Hall–Kier alpha value is -4.50. The number of imide groups is 2. The second-order valence-electron chi connectivity index (χ2n) is 9.29. The average Bonchev–Trinajstić information content (AvgIpc) is 3.00. The Kier molecular flexibility index (Phi) is 9.21. The highest BCUT2D eigenvalue weighted by Crippen LogP contribution is 2.33. The van der Waals surface area contributed by atoms with Crippen LogP contribution in [0.3, 0.4) is 0 Å². The van der Waals surface area contributed by atoms with Crippen LogP contribution in [-0.2, 0) is 22.8 Å². The number of rotatable bonds is 9. The Morgan fingerprint density at radius 2 is 1.47 bits per heavy atom. The van der Waals surface area contributed by atoms with Crippen LogP contribution in [0.15, 0.2) is 90.5 Å². The Morgan fingerprint density at radius 3 is 2.21 bits per heavy atom. The molecule has 4 amide bonds. The molecule has 0 bridgehead atoms. The summed E-state index contributed by atoms with van der Waals surface area (Å²) < 4.78 is 17.5. The SMILES string of the molecule is COc1cc(COc2ccc(Cl)cc2/C=C2/C(=O)NC(=O)N(c3ccc(Cl)c(Cl)c3)C2=O)ccc1OCc1ccccc1. The van der Waals surface area contributed by atoms with Crippen LogP contribution >= 0.6 is 34.8 Å². The molecular weight excluding hydrogens is 615 g/mol. The van der Waals surface area contributed by atoms with Crippen molar-refractivity contribution in [3.63, 3.8) is 0 Å². The molecule has 0 unspecified atom stereocenters. The van der Waals surface area contributed by atoms with Crippen molar-refractivity contribution in [3.8, 4) is 17.2 Å². The molecule has 1 heterocycles. The van der Waals surface area contributed by atoms with E-state index in [1.54, 1.807) is 37.4 Å². The summed E-state index contributed by atoms with van der Waals surface area (Å²) in [6.45, 7) is 0.511. The number of anilines is 1. The molecule has 0 saturated carbocycles. The minimum absolute atomic E-state index is 0.126. The van der Waals surface area contributed by atoms with E-state index in [-0.39, 0.29) is 27.9 Å². The lowest BCUT2D eigenvalue weighted by molar-refractivity contribution is -0.122. The molecule has 5 rings (SSSR count). The van der Waals surface area contributed by atoms with E-state index in [0.717, 1.165) is 16.0 Å². The zero-order chi connectivity index (χ0) is 30.5. The van der Waals surface area contributed by atoms with Gasteiger partial charge in [-0.3, -0.25) is 14.9 Å². The van der Waals surface area contributed by atoms with E-state index in [2.05, 4.69) is 5.32 Å². The largest absolute Gasteiger partial charge is 0.493 e. The van der Waals surface area contributed by atoms with Crippen LogP contribution in [0.5, 0.6) is 17.2 Å². The van der Waals surface area contributed by atoms with Crippen LogP contribution in [0.1, 0.15) is 16.7 Å².